The molecule has 1 N–H and O–H groups in total. The van der Waals surface area contributed by atoms with E-state index in [1.54, 1.807) is 11.9 Å². The van der Waals surface area contributed by atoms with Gasteiger partial charge in [-0.05, 0) is 19.4 Å². The van der Waals surface area contributed by atoms with Crippen LogP contribution in [0.5, 0.6) is 0 Å². The monoisotopic (exact) mass is 306 g/mol. The van der Waals surface area contributed by atoms with Crippen molar-refractivity contribution in [2.75, 3.05) is 44.8 Å². The van der Waals surface area contributed by atoms with E-state index in [1.807, 2.05) is 4.90 Å². The predicted molar refractivity (Wildman–Crippen MR) is 78.3 cm³/mol. The zero-order chi connectivity index (χ0) is 15.2. The lowest BCUT2D eigenvalue weighted by Gasteiger charge is -2.27. The molecule has 0 aromatic carbocycles. The molecule has 20 heavy (non-hydrogen) atoms. The highest BCUT2D eigenvalue weighted by Gasteiger charge is 2.32. The minimum absolute atomic E-state index is 0.0263. The Morgan fingerprint density at radius 1 is 1.35 bits per heavy atom. The molecule has 1 aliphatic heterocycles. The van der Waals surface area contributed by atoms with Gasteiger partial charge in [0.05, 0.1) is 24.7 Å². The summed E-state index contributed by atoms with van der Waals surface area (Å²) in [7, 11) is -1.30. The lowest BCUT2D eigenvalue weighted by molar-refractivity contribution is -0.132. The first-order valence-electron chi connectivity index (χ1n) is 7.19. The Kier molecular flexibility index (Phi) is 6.91. The number of carbonyl (C=O) groups is 1. The molecule has 0 aromatic heterocycles. The fourth-order valence-electron chi connectivity index (χ4n) is 2.38. The highest BCUT2D eigenvalue weighted by atomic mass is 32.2. The zero-order valence-electron chi connectivity index (χ0n) is 12.4. The van der Waals surface area contributed by atoms with Gasteiger partial charge in [0.2, 0.25) is 5.91 Å². The Labute approximate surface area is 121 Å². The topological polar surface area (TPSA) is 77.9 Å². The molecule has 1 aliphatic rings. The van der Waals surface area contributed by atoms with E-state index in [4.69, 9.17) is 5.11 Å². The van der Waals surface area contributed by atoms with Gasteiger partial charge < -0.3 is 10.0 Å². The van der Waals surface area contributed by atoms with E-state index in [-0.39, 0.29) is 36.6 Å². The van der Waals surface area contributed by atoms with E-state index in [1.165, 1.54) is 0 Å². The highest BCUT2D eigenvalue weighted by molar-refractivity contribution is 7.91. The van der Waals surface area contributed by atoms with Gasteiger partial charge in [-0.15, -0.1) is 0 Å². The molecule has 1 rings (SSSR count). The van der Waals surface area contributed by atoms with Crippen molar-refractivity contribution in [1.29, 1.82) is 0 Å². The fraction of sp³-hybridized carbons (Fsp3) is 0.923. The van der Waals surface area contributed by atoms with E-state index in [2.05, 4.69) is 6.92 Å². The number of carbonyl (C=O) groups excluding carboxylic acids is 1. The number of aliphatic hydroxyl groups is 1. The van der Waals surface area contributed by atoms with Gasteiger partial charge in [0.25, 0.3) is 0 Å². The van der Waals surface area contributed by atoms with Gasteiger partial charge >= 0.3 is 0 Å². The predicted octanol–water partition coefficient (Wildman–Crippen LogP) is -0.274. The van der Waals surface area contributed by atoms with Crippen LogP contribution in [0.15, 0.2) is 0 Å². The first-order valence-corrected chi connectivity index (χ1v) is 9.01. The number of amides is 1. The molecule has 0 radical (unpaired) electrons. The van der Waals surface area contributed by atoms with Crippen molar-refractivity contribution in [3.05, 3.63) is 0 Å². The lowest BCUT2D eigenvalue weighted by Crippen LogP contribution is -2.44. The molecule has 7 heteroatoms. The summed E-state index contributed by atoms with van der Waals surface area (Å²) in [6, 6.07) is -0.199. The van der Waals surface area contributed by atoms with Crippen LogP contribution < -0.4 is 0 Å². The first kappa shape index (κ1) is 17.4. The first-order chi connectivity index (χ1) is 9.39. The normalized spacial score (nSPS) is 21.3. The second-order valence-electron chi connectivity index (χ2n) is 5.41. The third-order valence-corrected chi connectivity index (χ3v) is 5.50. The van der Waals surface area contributed by atoms with E-state index in [0.29, 0.717) is 13.0 Å². The number of hydrogen-bond donors (Lipinski definition) is 1. The molecular formula is C13H26N2O4S. The van der Waals surface area contributed by atoms with Crippen LogP contribution in [0.25, 0.3) is 0 Å². The minimum atomic E-state index is -2.97. The summed E-state index contributed by atoms with van der Waals surface area (Å²) < 4.78 is 22.9. The average molecular weight is 306 g/mol. The van der Waals surface area contributed by atoms with E-state index in [0.717, 1.165) is 19.4 Å². The Balaban J connectivity index is 2.50. The van der Waals surface area contributed by atoms with Crippen molar-refractivity contribution in [3.8, 4) is 0 Å². The maximum Gasteiger partial charge on any atom is 0.236 e. The van der Waals surface area contributed by atoms with Gasteiger partial charge in [0.15, 0.2) is 9.84 Å². The molecule has 0 spiro atoms. The van der Waals surface area contributed by atoms with Gasteiger partial charge in [-0.2, -0.15) is 0 Å². The summed E-state index contributed by atoms with van der Waals surface area (Å²) in [5, 5.41) is 9.02. The molecule has 118 valence electrons. The van der Waals surface area contributed by atoms with E-state index < -0.39 is 9.84 Å². The third-order valence-electron chi connectivity index (χ3n) is 3.75. The largest absolute Gasteiger partial charge is 0.395 e. The molecule has 0 aromatic rings. The van der Waals surface area contributed by atoms with Crippen LogP contribution in [0.2, 0.25) is 0 Å². The lowest BCUT2D eigenvalue weighted by atomic mass is 10.2. The summed E-state index contributed by atoms with van der Waals surface area (Å²) in [6.07, 6.45) is 2.54. The molecule has 6 nitrogen and oxygen atoms in total. The second-order valence-corrected chi connectivity index (χ2v) is 7.64. The van der Waals surface area contributed by atoms with Crippen molar-refractivity contribution >= 4 is 15.7 Å². The third kappa shape index (κ3) is 5.38. The summed E-state index contributed by atoms with van der Waals surface area (Å²) >= 11 is 0. The van der Waals surface area contributed by atoms with Crippen LogP contribution in [0.1, 0.15) is 26.2 Å². The summed E-state index contributed by atoms with van der Waals surface area (Å²) in [6.45, 7) is 3.60. The molecule has 0 saturated carbocycles. The average Bonchev–Trinajstić information content (AvgIpc) is 2.75. The molecule has 1 amide bonds. The summed E-state index contributed by atoms with van der Waals surface area (Å²) in [5.41, 5.74) is 0. The van der Waals surface area contributed by atoms with E-state index >= 15 is 0 Å². The molecule has 1 heterocycles. The molecular weight excluding hydrogens is 280 g/mol. The van der Waals surface area contributed by atoms with Crippen molar-refractivity contribution in [3.63, 3.8) is 0 Å². The number of rotatable bonds is 8. The van der Waals surface area contributed by atoms with Crippen LogP contribution >= 0.6 is 0 Å². The Hall–Kier alpha value is -0.660. The minimum Gasteiger partial charge on any atom is -0.395 e. The SMILES string of the molecule is CCCCN(CCO)CC(=O)N(C)C1CCS(=O)(=O)C1. The standard InChI is InChI=1S/C13H26N2O4S/c1-3-4-6-15(7-8-16)10-13(17)14(2)12-5-9-20(18,19)11-12/h12,16H,3-11H2,1-2H3. The quantitative estimate of drug-likeness (QED) is 0.668. The Morgan fingerprint density at radius 2 is 2.05 bits per heavy atom. The molecule has 0 bridgehead atoms. The Morgan fingerprint density at radius 3 is 2.55 bits per heavy atom. The van der Waals surface area contributed by atoms with Gasteiger partial charge in [0.1, 0.15) is 0 Å². The molecule has 0 aliphatic carbocycles. The second kappa shape index (κ2) is 7.95. The number of hydrogen-bond acceptors (Lipinski definition) is 5. The summed E-state index contributed by atoms with van der Waals surface area (Å²) in [5.74, 6) is 0.173. The van der Waals surface area contributed by atoms with Crippen molar-refractivity contribution < 1.29 is 18.3 Å². The smallest absolute Gasteiger partial charge is 0.236 e. The molecule has 1 atom stereocenters. The zero-order valence-corrected chi connectivity index (χ0v) is 13.2. The molecule has 1 unspecified atom stereocenters. The number of likely N-dealkylation sites (N-methyl/N-ethyl adjacent to an activating group) is 1. The van der Waals surface area contributed by atoms with Gasteiger partial charge in [0, 0.05) is 19.6 Å². The van der Waals surface area contributed by atoms with Crippen LogP contribution in [0.4, 0.5) is 0 Å². The van der Waals surface area contributed by atoms with E-state index in [9.17, 15) is 13.2 Å². The Bertz CT molecular complexity index is 411. The van der Waals surface area contributed by atoms with Gasteiger partial charge in [-0.1, -0.05) is 13.3 Å². The van der Waals surface area contributed by atoms with Crippen LogP contribution in [-0.4, -0.2) is 80.1 Å². The van der Waals surface area contributed by atoms with Crippen LogP contribution in [0, 0.1) is 0 Å². The highest BCUT2D eigenvalue weighted by Crippen LogP contribution is 2.16. The molecule has 1 fully saturated rings. The van der Waals surface area contributed by atoms with Crippen molar-refractivity contribution in [1.82, 2.24) is 9.80 Å². The number of unbranched alkanes of at least 4 members (excludes halogenated alkanes) is 1. The summed E-state index contributed by atoms with van der Waals surface area (Å²) in [4.78, 5) is 15.7. The number of sulfone groups is 1. The maximum absolute atomic E-state index is 12.2. The van der Waals surface area contributed by atoms with Gasteiger partial charge in [-0.25, -0.2) is 8.42 Å². The maximum atomic E-state index is 12.2. The van der Waals surface area contributed by atoms with Crippen molar-refractivity contribution in [2.45, 2.75) is 32.2 Å². The molecule has 1 saturated heterocycles. The number of aliphatic hydroxyl groups excluding tert-OH is 1. The van der Waals surface area contributed by atoms with Crippen molar-refractivity contribution in [2.24, 2.45) is 0 Å². The van der Waals surface area contributed by atoms with Crippen LogP contribution in [0.3, 0.4) is 0 Å². The van der Waals surface area contributed by atoms with Gasteiger partial charge in [-0.3, -0.25) is 9.69 Å². The van der Waals surface area contributed by atoms with Crippen LogP contribution in [-0.2, 0) is 14.6 Å². The number of nitrogens with zero attached hydrogens (tertiary/aromatic N) is 2. The fourth-order valence-corrected chi connectivity index (χ4v) is 4.15.